The van der Waals surface area contributed by atoms with Crippen molar-refractivity contribution in [3.05, 3.63) is 28.5 Å². The summed E-state index contributed by atoms with van der Waals surface area (Å²) in [5, 5.41) is 0. The number of amides is 1. The number of halogens is 1. The van der Waals surface area contributed by atoms with Crippen LogP contribution in [0.15, 0.2) is 22.9 Å². The third-order valence-electron chi connectivity index (χ3n) is 2.46. The van der Waals surface area contributed by atoms with E-state index in [-0.39, 0.29) is 18.3 Å². The van der Waals surface area contributed by atoms with E-state index >= 15 is 0 Å². The number of esters is 1. The molecule has 0 aliphatic heterocycles. The van der Waals surface area contributed by atoms with E-state index in [2.05, 4.69) is 25.7 Å². The minimum absolute atomic E-state index is 0.121. The van der Waals surface area contributed by atoms with Gasteiger partial charge in [-0.25, -0.2) is 4.98 Å². The van der Waals surface area contributed by atoms with Crippen LogP contribution in [0.5, 0.6) is 0 Å². The van der Waals surface area contributed by atoms with Gasteiger partial charge in [0.1, 0.15) is 4.60 Å². The van der Waals surface area contributed by atoms with Gasteiger partial charge in [0, 0.05) is 24.8 Å². The van der Waals surface area contributed by atoms with Gasteiger partial charge < -0.3 is 9.64 Å². The van der Waals surface area contributed by atoms with Gasteiger partial charge in [-0.15, -0.1) is 0 Å². The van der Waals surface area contributed by atoms with Crippen molar-refractivity contribution in [3.63, 3.8) is 0 Å². The molecule has 0 aliphatic carbocycles. The van der Waals surface area contributed by atoms with Crippen molar-refractivity contribution in [1.82, 2.24) is 9.88 Å². The predicted molar refractivity (Wildman–Crippen MR) is 70.1 cm³/mol. The number of carbonyl (C=O) groups excluding carboxylic acids is 2. The molecule has 0 atom stereocenters. The first kappa shape index (κ1) is 14.6. The molecule has 1 amide bonds. The Morgan fingerprint density at radius 3 is 2.78 bits per heavy atom. The monoisotopic (exact) mass is 314 g/mol. The molecule has 0 saturated heterocycles. The minimum Gasteiger partial charge on any atom is -0.469 e. The minimum atomic E-state index is -0.322. The van der Waals surface area contributed by atoms with E-state index in [0.29, 0.717) is 23.3 Å². The zero-order valence-corrected chi connectivity index (χ0v) is 11.9. The van der Waals surface area contributed by atoms with Gasteiger partial charge in [-0.2, -0.15) is 0 Å². The number of aromatic nitrogens is 1. The molecule has 0 aromatic carbocycles. The first-order valence-corrected chi connectivity index (χ1v) is 6.35. The summed E-state index contributed by atoms with van der Waals surface area (Å²) in [5.74, 6) is -0.443. The molecule has 6 heteroatoms. The van der Waals surface area contributed by atoms with E-state index in [1.165, 1.54) is 7.11 Å². The summed E-state index contributed by atoms with van der Waals surface area (Å²) in [6.07, 6.45) is 1.76. The quantitative estimate of drug-likeness (QED) is 0.615. The van der Waals surface area contributed by atoms with Gasteiger partial charge in [0.25, 0.3) is 5.91 Å². The van der Waals surface area contributed by atoms with E-state index in [9.17, 15) is 9.59 Å². The first-order chi connectivity index (χ1) is 8.58. The molecular formula is C12H15BrN2O3. The lowest BCUT2D eigenvalue weighted by molar-refractivity contribution is -0.140. The van der Waals surface area contributed by atoms with Crippen LogP contribution < -0.4 is 0 Å². The fourth-order valence-corrected chi connectivity index (χ4v) is 1.81. The van der Waals surface area contributed by atoms with Crippen molar-refractivity contribution in [2.45, 2.75) is 13.3 Å². The van der Waals surface area contributed by atoms with Crippen molar-refractivity contribution in [2.24, 2.45) is 0 Å². The number of ether oxygens (including phenoxy) is 1. The van der Waals surface area contributed by atoms with E-state index in [0.717, 1.165) is 0 Å². The molecule has 0 spiro atoms. The van der Waals surface area contributed by atoms with Crippen LogP contribution in [0.4, 0.5) is 0 Å². The van der Waals surface area contributed by atoms with Crippen LogP contribution in [0.2, 0.25) is 0 Å². The maximum atomic E-state index is 12.2. The summed E-state index contributed by atoms with van der Waals surface area (Å²) in [6.45, 7) is 2.75. The average Bonchev–Trinajstić information content (AvgIpc) is 2.38. The molecule has 0 fully saturated rings. The number of pyridine rings is 1. The highest BCUT2D eigenvalue weighted by Crippen LogP contribution is 2.11. The lowest BCUT2D eigenvalue weighted by atomic mass is 10.2. The number of nitrogens with zero attached hydrogens (tertiary/aromatic N) is 2. The van der Waals surface area contributed by atoms with Crippen LogP contribution >= 0.6 is 15.9 Å². The molecule has 1 rings (SSSR count). The zero-order valence-electron chi connectivity index (χ0n) is 10.4. The summed E-state index contributed by atoms with van der Waals surface area (Å²) < 4.78 is 5.16. The van der Waals surface area contributed by atoms with E-state index < -0.39 is 0 Å². The van der Waals surface area contributed by atoms with Crippen molar-refractivity contribution < 1.29 is 14.3 Å². The lowest BCUT2D eigenvalue weighted by Crippen LogP contribution is -2.33. The van der Waals surface area contributed by atoms with Gasteiger partial charge >= 0.3 is 5.97 Å². The molecule has 98 valence electrons. The Morgan fingerprint density at radius 1 is 1.50 bits per heavy atom. The van der Waals surface area contributed by atoms with Crippen molar-refractivity contribution in [2.75, 3.05) is 20.2 Å². The number of hydrogen-bond acceptors (Lipinski definition) is 4. The summed E-state index contributed by atoms with van der Waals surface area (Å²) in [7, 11) is 1.33. The van der Waals surface area contributed by atoms with Gasteiger partial charge in [0.15, 0.2) is 0 Å². The SMILES string of the molecule is CCN(CCC(=O)OC)C(=O)c1ccnc(Br)c1. The highest BCUT2D eigenvalue weighted by Gasteiger charge is 2.15. The number of carbonyl (C=O) groups is 2. The van der Waals surface area contributed by atoms with Crippen LogP contribution in [-0.4, -0.2) is 42.0 Å². The Kier molecular flexibility index (Phi) is 5.77. The Morgan fingerprint density at radius 2 is 2.22 bits per heavy atom. The second-order valence-corrected chi connectivity index (χ2v) is 4.39. The van der Waals surface area contributed by atoms with Crippen molar-refractivity contribution >= 4 is 27.8 Å². The topological polar surface area (TPSA) is 59.5 Å². The van der Waals surface area contributed by atoms with Crippen molar-refractivity contribution in [3.8, 4) is 0 Å². The van der Waals surface area contributed by atoms with Crippen LogP contribution in [0, 0.1) is 0 Å². The second-order valence-electron chi connectivity index (χ2n) is 3.58. The molecule has 0 unspecified atom stereocenters. The first-order valence-electron chi connectivity index (χ1n) is 5.56. The van der Waals surface area contributed by atoms with E-state index in [1.54, 1.807) is 23.2 Å². The molecular weight excluding hydrogens is 300 g/mol. The smallest absolute Gasteiger partial charge is 0.307 e. The Hall–Kier alpha value is -1.43. The van der Waals surface area contributed by atoms with Gasteiger partial charge in [-0.1, -0.05) is 0 Å². The maximum absolute atomic E-state index is 12.2. The Balaban J connectivity index is 2.70. The Bertz CT molecular complexity index is 437. The number of rotatable bonds is 5. The fraction of sp³-hybridized carbons (Fsp3) is 0.417. The lowest BCUT2D eigenvalue weighted by Gasteiger charge is -2.20. The molecule has 0 bridgehead atoms. The highest BCUT2D eigenvalue weighted by molar-refractivity contribution is 9.10. The molecule has 5 nitrogen and oxygen atoms in total. The second kappa shape index (κ2) is 7.10. The maximum Gasteiger partial charge on any atom is 0.307 e. The highest BCUT2D eigenvalue weighted by atomic mass is 79.9. The molecule has 1 aromatic heterocycles. The molecule has 18 heavy (non-hydrogen) atoms. The van der Waals surface area contributed by atoms with Crippen LogP contribution in [-0.2, 0) is 9.53 Å². The molecule has 0 aliphatic rings. The van der Waals surface area contributed by atoms with Gasteiger partial charge in [0.05, 0.1) is 13.5 Å². The van der Waals surface area contributed by atoms with Crippen LogP contribution in [0.3, 0.4) is 0 Å². The van der Waals surface area contributed by atoms with E-state index in [4.69, 9.17) is 0 Å². The fourth-order valence-electron chi connectivity index (χ4n) is 1.45. The molecule has 0 radical (unpaired) electrons. The van der Waals surface area contributed by atoms with Gasteiger partial charge in [-0.3, -0.25) is 9.59 Å². The Labute approximate surface area is 114 Å². The normalized spacial score (nSPS) is 9.94. The summed E-state index contributed by atoms with van der Waals surface area (Å²) in [6, 6.07) is 3.30. The molecule has 1 heterocycles. The standard InChI is InChI=1S/C12H15BrN2O3/c1-3-15(7-5-11(16)18-2)12(17)9-4-6-14-10(13)8-9/h4,6,8H,3,5,7H2,1-2H3. The van der Waals surface area contributed by atoms with Crippen molar-refractivity contribution in [1.29, 1.82) is 0 Å². The number of hydrogen-bond donors (Lipinski definition) is 0. The van der Waals surface area contributed by atoms with E-state index in [1.807, 2.05) is 6.92 Å². The third-order valence-corrected chi connectivity index (χ3v) is 2.89. The van der Waals surface area contributed by atoms with Crippen LogP contribution in [0.1, 0.15) is 23.7 Å². The number of methoxy groups -OCH3 is 1. The molecule has 0 N–H and O–H groups in total. The average molecular weight is 315 g/mol. The third kappa shape index (κ3) is 4.10. The molecule has 1 aromatic rings. The van der Waals surface area contributed by atoms with Gasteiger partial charge in [0.2, 0.25) is 0 Å². The summed E-state index contributed by atoms with van der Waals surface area (Å²) in [4.78, 5) is 28.8. The van der Waals surface area contributed by atoms with Gasteiger partial charge in [-0.05, 0) is 35.0 Å². The van der Waals surface area contributed by atoms with Crippen LogP contribution in [0.25, 0.3) is 0 Å². The predicted octanol–water partition coefficient (Wildman–Crippen LogP) is 1.87. The summed E-state index contributed by atoms with van der Waals surface area (Å²) in [5.41, 5.74) is 0.545. The molecule has 0 saturated carbocycles. The zero-order chi connectivity index (χ0) is 13.5. The largest absolute Gasteiger partial charge is 0.469 e. The summed E-state index contributed by atoms with van der Waals surface area (Å²) >= 11 is 3.22.